The van der Waals surface area contributed by atoms with Crippen molar-refractivity contribution >= 4 is 10.0 Å². The third-order valence-electron chi connectivity index (χ3n) is 3.29. The van der Waals surface area contributed by atoms with E-state index in [9.17, 15) is 8.42 Å². The van der Waals surface area contributed by atoms with Crippen LogP contribution in [0.2, 0.25) is 0 Å². The van der Waals surface area contributed by atoms with Crippen LogP contribution >= 0.6 is 0 Å². The predicted octanol–water partition coefficient (Wildman–Crippen LogP) is 2.11. The van der Waals surface area contributed by atoms with Crippen LogP contribution in [0.15, 0.2) is 10.6 Å². The van der Waals surface area contributed by atoms with Crippen molar-refractivity contribution in [3.8, 4) is 0 Å². The first-order valence-corrected chi connectivity index (χ1v) is 8.14. The standard InChI is InChI=1S/C12H20N2O3S/c1-3-8-18(15,16)14-7-5-6-11(14)12-9-10(4-2)13-17-12/h9,11H,3-8H2,1-2H3/t11-/m0/s1. The Bertz CT molecular complexity index is 495. The summed E-state index contributed by atoms with van der Waals surface area (Å²) in [6, 6.07) is 1.72. The lowest BCUT2D eigenvalue weighted by atomic mass is 10.1. The maximum Gasteiger partial charge on any atom is 0.214 e. The summed E-state index contributed by atoms with van der Waals surface area (Å²) in [5.74, 6) is 0.891. The fourth-order valence-corrected chi connectivity index (χ4v) is 4.14. The number of nitrogens with zero attached hydrogens (tertiary/aromatic N) is 2. The fourth-order valence-electron chi connectivity index (χ4n) is 2.38. The van der Waals surface area contributed by atoms with Gasteiger partial charge in [-0.25, -0.2) is 8.42 Å². The highest BCUT2D eigenvalue weighted by molar-refractivity contribution is 7.89. The van der Waals surface area contributed by atoms with Crippen molar-refractivity contribution in [3.63, 3.8) is 0 Å². The second-order valence-corrected chi connectivity index (χ2v) is 6.70. The van der Waals surface area contributed by atoms with E-state index >= 15 is 0 Å². The van der Waals surface area contributed by atoms with Gasteiger partial charge in [0.1, 0.15) is 0 Å². The van der Waals surface area contributed by atoms with Crippen molar-refractivity contribution in [1.82, 2.24) is 9.46 Å². The lowest BCUT2D eigenvalue weighted by Gasteiger charge is -2.21. The largest absolute Gasteiger partial charge is 0.359 e. The van der Waals surface area contributed by atoms with Crippen molar-refractivity contribution in [2.24, 2.45) is 0 Å². The zero-order valence-corrected chi connectivity index (χ0v) is 11.7. The van der Waals surface area contributed by atoms with Gasteiger partial charge in [0.05, 0.1) is 17.5 Å². The van der Waals surface area contributed by atoms with E-state index in [2.05, 4.69) is 5.16 Å². The Balaban J connectivity index is 2.22. The summed E-state index contributed by atoms with van der Waals surface area (Å²) in [5, 5.41) is 3.95. The summed E-state index contributed by atoms with van der Waals surface area (Å²) in [6.45, 7) is 4.48. The van der Waals surface area contributed by atoms with E-state index in [1.54, 1.807) is 4.31 Å². The molecule has 0 unspecified atom stereocenters. The van der Waals surface area contributed by atoms with E-state index in [1.807, 2.05) is 19.9 Å². The van der Waals surface area contributed by atoms with Crippen molar-refractivity contribution in [2.45, 2.75) is 45.6 Å². The molecule has 0 bridgehead atoms. The molecule has 1 aromatic heterocycles. The molecule has 2 rings (SSSR count). The Hall–Kier alpha value is -0.880. The van der Waals surface area contributed by atoms with Gasteiger partial charge >= 0.3 is 0 Å². The number of aromatic nitrogens is 1. The Labute approximate surface area is 108 Å². The highest BCUT2D eigenvalue weighted by Crippen LogP contribution is 2.34. The maximum absolute atomic E-state index is 12.2. The molecule has 1 saturated heterocycles. The van der Waals surface area contributed by atoms with Crippen molar-refractivity contribution in [2.75, 3.05) is 12.3 Å². The molecule has 0 amide bonds. The second-order valence-electron chi connectivity index (χ2n) is 4.66. The minimum absolute atomic E-state index is 0.158. The van der Waals surface area contributed by atoms with Gasteiger partial charge in [-0.1, -0.05) is 19.0 Å². The van der Waals surface area contributed by atoms with Gasteiger partial charge in [-0.05, 0) is 25.7 Å². The molecule has 2 heterocycles. The number of hydrogen-bond acceptors (Lipinski definition) is 4. The molecule has 0 aliphatic carbocycles. The lowest BCUT2D eigenvalue weighted by Crippen LogP contribution is -2.32. The Morgan fingerprint density at radius 1 is 1.50 bits per heavy atom. The molecule has 18 heavy (non-hydrogen) atoms. The summed E-state index contributed by atoms with van der Waals surface area (Å²) < 4.78 is 31.2. The molecule has 1 aromatic rings. The topological polar surface area (TPSA) is 63.4 Å². The Morgan fingerprint density at radius 3 is 2.89 bits per heavy atom. The second kappa shape index (κ2) is 5.40. The normalized spacial score (nSPS) is 21.6. The quantitative estimate of drug-likeness (QED) is 0.823. The van der Waals surface area contributed by atoms with E-state index in [1.165, 1.54) is 0 Å². The molecule has 0 aromatic carbocycles. The molecular weight excluding hydrogens is 252 g/mol. The van der Waals surface area contributed by atoms with Crippen LogP contribution in [0.4, 0.5) is 0 Å². The van der Waals surface area contributed by atoms with Crippen LogP contribution in [-0.2, 0) is 16.4 Å². The van der Waals surface area contributed by atoms with Gasteiger partial charge in [-0.2, -0.15) is 4.31 Å². The highest BCUT2D eigenvalue weighted by atomic mass is 32.2. The van der Waals surface area contributed by atoms with Gasteiger partial charge in [0.15, 0.2) is 5.76 Å². The average Bonchev–Trinajstić information content (AvgIpc) is 2.97. The molecule has 0 spiro atoms. The summed E-state index contributed by atoms with van der Waals surface area (Å²) >= 11 is 0. The smallest absolute Gasteiger partial charge is 0.214 e. The first-order chi connectivity index (χ1) is 8.58. The minimum atomic E-state index is -3.16. The third-order valence-corrected chi connectivity index (χ3v) is 5.37. The number of sulfonamides is 1. The number of aryl methyl sites for hydroxylation is 1. The Morgan fingerprint density at radius 2 is 2.28 bits per heavy atom. The van der Waals surface area contributed by atoms with Gasteiger partial charge in [0.2, 0.25) is 10.0 Å². The summed E-state index contributed by atoms with van der Waals surface area (Å²) in [5.41, 5.74) is 0.879. The SMILES string of the molecule is CCCS(=O)(=O)N1CCC[C@H]1c1cc(CC)no1. The maximum atomic E-state index is 12.2. The summed E-state index contributed by atoms with van der Waals surface area (Å²) in [6.07, 6.45) is 3.15. The number of hydrogen-bond donors (Lipinski definition) is 0. The highest BCUT2D eigenvalue weighted by Gasteiger charge is 2.36. The van der Waals surface area contributed by atoms with Gasteiger partial charge < -0.3 is 4.52 Å². The van der Waals surface area contributed by atoms with Gasteiger partial charge in [-0.3, -0.25) is 0 Å². The van der Waals surface area contributed by atoms with Gasteiger partial charge in [0.25, 0.3) is 0 Å². The van der Waals surface area contributed by atoms with Crippen LogP contribution in [0.1, 0.15) is 50.6 Å². The monoisotopic (exact) mass is 272 g/mol. The van der Waals surface area contributed by atoms with E-state index < -0.39 is 10.0 Å². The summed E-state index contributed by atoms with van der Waals surface area (Å²) in [4.78, 5) is 0. The van der Waals surface area contributed by atoms with Gasteiger partial charge in [0, 0.05) is 12.6 Å². The molecule has 6 heteroatoms. The summed E-state index contributed by atoms with van der Waals surface area (Å²) in [7, 11) is -3.16. The van der Waals surface area contributed by atoms with Crippen LogP contribution in [0.25, 0.3) is 0 Å². The first kappa shape index (κ1) is 13.5. The molecular formula is C12H20N2O3S. The van der Waals surface area contributed by atoms with E-state index in [4.69, 9.17) is 4.52 Å². The Kier molecular flexibility index (Phi) is 4.07. The average molecular weight is 272 g/mol. The first-order valence-electron chi connectivity index (χ1n) is 6.53. The van der Waals surface area contributed by atoms with Crippen LogP contribution in [-0.4, -0.2) is 30.2 Å². The van der Waals surface area contributed by atoms with E-state index in [-0.39, 0.29) is 11.8 Å². The van der Waals surface area contributed by atoms with Crippen LogP contribution in [0.5, 0.6) is 0 Å². The zero-order valence-electron chi connectivity index (χ0n) is 10.9. The molecule has 1 aliphatic rings. The minimum Gasteiger partial charge on any atom is -0.359 e. The molecule has 1 fully saturated rings. The van der Waals surface area contributed by atoms with Crippen molar-refractivity contribution in [1.29, 1.82) is 0 Å². The van der Waals surface area contributed by atoms with Crippen LogP contribution < -0.4 is 0 Å². The molecule has 0 N–H and O–H groups in total. The predicted molar refractivity (Wildman–Crippen MR) is 68.6 cm³/mol. The third kappa shape index (κ3) is 2.59. The van der Waals surface area contributed by atoms with Crippen LogP contribution in [0, 0.1) is 0 Å². The van der Waals surface area contributed by atoms with Gasteiger partial charge in [-0.15, -0.1) is 0 Å². The fraction of sp³-hybridized carbons (Fsp3) is 0.750. The molecule has 1 aliphatic heterocycles. The number of rotatable bonds is 5. The molecule has 1 atom stereocenters. The van der Waals surface area contributed by atoms with E-state index in [0.29, 0.717) is 18.7 Å². The molecule has 5 nitrogen and oxygen atoms in total. The zero-order chi connectivity index (χ0) is 13.2. The lowest BCUT2D eigenvalue weighted by molar-refractivity contribution is 0.296. The molecule has 0 saturated carbocycles. The van der Waals surface area contributed by atoms with Crippen LogP contribution in [0.3, 0.4) is 0 Å². The van der Waals surface area contributed by atoms with Crippen molar-refractivity contribution < 1.29 is 12.9 Å². The molecule has 0 radical (unpaired) electrons. The van der Waals surface area contributed by atoms with Crippen molar-refractivity contribution in [3.05, 3.63) is 17.5 Å². The van der Waals surface area contributed by atoms with E-state index in [0.717, 1.165) is 25.0 Å². The molecule has 102 valence electrons.